The number of amides is 1. The van der Waals surface area contributed by atoms with Crippen molar-refractivity contribution in [2.24, 2.45) is 0 Å². The molecule has 0 radical (unpaired) electrons. The molecule has 3 rings (SSSR count). The molecule has 1 amide bonds. The van der Waals surface area contributed by atoms with E-state index < -0.39 is 0 Å². The number of carbonyl (C=O) groups excluding carboxylic acids is 1. The number of hydrogen-bond donors (Lipinski definition) is 0. The van der Waals surface area contributed by atoms with E-state index in [9.17, 15) is 4.79 Å². The summed E-state index contributed by atoms with van der Waals surface area (Å²) in [6.45, 7) is 5.73. The Morgan fingerprint density at radius 2 is 2.04 bits per heavy atom. The van der Waals surface area contributed by atoms with Crippen molar-refractivity contribution in [1.29, 1.82) is 0 Å². The zero-order valence-electron chi connectivity index (χ0n) is 14.6. The normalized spacial score (nSPS) is 15.7. The number of piperazine rings is 1. The lowest BCUT2D eigenvalue weighted by atomic mass is 10.2. The van der Waals surface area contributed by atoms with Gasteiger partial charge in [-0.1, -0.05) is 23.4 Å². The fourth-order valence-corrected chi connectivity index (χ4v) is 2.91. The minimum atomic E-state index is 0.0288. The Hall–Kier alpha value is -2.60. The molecule has 0 aliphatic carbocycles. The highest BCUT2D eigenvalue weighted by atomic mass is 16.5. The molecule has 0 bridgehead atoms. The number of rotatable bonds is 5. The highest BCUT2D eigenvalue weighted by Crippen LogP contribution is 2.19. The van der Waals surface area contributed by atoms with E-state index in [2.05, 4.69) is 10.1 Å². The summed E-state index contributed by atoms with van der Waals surface area (Å²) in [5.74, 6) is 1.66. The van der Waals surface area contributed by atoms with Crippen LogP contribution in [0.1, 0.15) is 17.0 Å². The minimum absolute atomic E-state index is 0.0288. The molecule has 1 fully saturated rings. The molecule has 1 saturated heterocycles. The van der Waals surface area contributed by atoms with E-state index in [1.807, 2.05) is 48.2 Å². The second-order valence-electron chi connectivity index (χ2n) is 6.11. The van der Waals surface area contributed by atoms with Crippen LogP contribution in [0.15, 0.2) is 40.9 Å². The number of ether oxygens (including phenoxy) is 1. The van der Waals surface area contributed by atoms with E-state index in [-0.39, 0.29) is 5.91 Å². The molecule has 25 heavy (non-hydrogen) atoms. The highest BCUT2D eigenvalue weighted by molar-refractivity contribution is 5.92. The minimum Gasteiger partial charge on any atom is -0.496 e. The second-order valence-corrected chi connectivity index (χ2v) is 6.11. The Morgan fingerprint density at radius 3 is 2.72 bits per heavy atom. The molecule has 1 aliphatic rings. The van der Waals surface area contributed by atoms with Crippen molar-refractivity contribution in [3.05, 3.63) is 53.4 Å². The number of nitrogens with zero attached hydrogens (tertiary/aromatic N) is 3. The monoisotopic (exact) mass is 341 g/mol. The number of benzene rings is 1. The smallest absolute Gasteiger partial charge is 0.246 e. The van der Waals surface area contributed by atoms with Gasteiger partial charge in [-0.15, -0.1) is 0 Å². The Kier molecular flexibility index (Phi) is 5.50. The van der Waals surface area contributed by atoms with Crippen LogP contribution in [0.4, 0.5) is 0 Å². The van der Waals surface area contributed by atoms with Gasteiger partial charge in [0.15, 0.2) is 5.76 Å². The van der Waals surface area contributed by atoms with E-state index in [1.54, 1.807) is 13.2 Å². The van der Waals surface area contributed by atoms with Crippen molar-refractivity contribution in [1.82, 2.24) is 15.0 Å². The van der Waals surface area contributed by atoms with Gasteiger partial charge in [0.2, 0.25) is 5.91 Å². The first-order chi connectivity index (χ1) is 12.2. The van der Waals surface area contributed by atoms with E-state index in [4.69, 9.17) is 9.26 Å². The molecular weight excluding hydrogens is 318 g/mol. The van der Waals surface area contributed by atoms with Gasteiger partial charge < -0.3 is 14.2 Å². The van der Waals surface area contributed by atoms with Crippen molar-refractivity contribution < 1.29 is 14.1 Å². The maximum atomic E-state index is 12.4. The predicted octanol–water partition coefficient (Wildman–Crippen LogP) is 2.35. The van der Waals surface area contributed by atoms with Gasteiger partial charge >= 0.3 is 0 Å². The zero-order chi connectivity index (χ0) is 17.6. The fraction of sp³-hybridized carbons (Fsp3) is 0.368. The molecule has 0 unspecified atom stereocenters. The molecule has 1 aromatic heterocycles. The number of methoxy groups -OCH3 is 1. The maximum absolute atomic E-state index is 12.4. The largest absolute Gasteiger partial charge is 0.496 e. The summed E-state index contributed by atoms with van der Waals surface area (Å²) in [6, 6.07) is 9.60. The van der Waals surface area contributed by atoms with Crippen LogP contribution >= 0.6 is 0 Å². The van der Waals surface area contributed by atoms with Crippen LogP contribution in [0.5, 0.6) is 5.75 Å². The average molecular weight is 341 g/mol. The number of carbonyl (C=O) groups is 1. The summed E-state index contributed by atoms with van der Waals surface area (Å²) in [4.78, 5) is 16.5. The van der Waals surface area contributed by atoms with Crippen LogP contribution in [0.2, 0.25) is 0 Å². The standard InChI is InChI=1S/C19H23N3O3/c1-15-13-17(25-20-15)14-21-9-11-22(12-10-21)19(23)8-7-16-5-3-4-6-18(16)24-2/h3-8,13H,9-12,14H2,1-2H3/b8-7+. The third-order valence-corrected chi connectivity index (χ3v) is 4.28. The third-order valence-electron chi connectivity index (χ3n) is 4.28. The molecule has 2 aromatic rings. The Morgan fingerprint density at radius 1 is 1.28 bits per heavy atom. The van der Waals surface area contributed by atoms with Crippen LogP contribution in [0.25, 0.3) is 6.08 Å². The molecule has 0 N–H and O–H groups in total. The van der Waals surface area contributed by atoms with Gasteiger partial charge in [-0.3, -0.25) is 9.69 Å². The van der Waals surface area contributed by atoms with Crippen molar-refractivity contribution in [3.63, 3.8) is 0 Å². The quantitative estimate of drug-likeness (QED) is 0.782. The van der Waals surface area contributed by atoms with Gasteiger partial charge in [0.25, 0.3) is 0 Å². The zero-order valence-corrected chi connectivity index (χ0v) is 14.6. The Bertz CT molecular complexity index is 746. The summed E-state index contributed by atoms with van der Waals surface area (Å²) in [7, 11) is 1.63. The number of aromatic nitrogens is 1. The van der Waals surface area contributed by atoms with Gasteiger partial charge in [-0.05, 0) is 19.1 Å². The van der Waals surface area contributed by atoms with E-state index in [0.29, 0.717) is 13.1 Å². The number of hydrogen-bond acceptors (Lipinski definition) is 5. The van der Waals surface area contributed by atoms with Crippen molar-refractivity contribution >= 4 is 12.0 Å². The van der Waals surface area contributed by atoms with Crippen LogP contribution in [0, 0.1) is 6.92 Å². The molecule has 6 nitrogen and oxygen atoms in total. The van der Waals surface area contributed by atoms with Gasteiger partial charge in [0.05, 0.1) is 19.3 Å². The maximum Gasteiger partial charge on any atom is 0.246 e. The van der Waals surface area contributed by atoms with Gasteiger partial charge in [-0.2, -0.15) is 0 Å². The molecule has 0 atom stereocenters. The van der Waals surface area contributed by atoms with Crippen molar-refractivity contribution in [3.8, 4) is 5.75 Å². The number of aryl methyl sites for hydroxylation is 1. The summed E-state index contributed by atoms with van der Waals surface area (Å²) in [5.41, 5.74) is 1.79. The molecule has 0 saturated carbocycles. The van der Waals surface area contributed by atoms with E-state index in [0.717, 1.165) is 42.4 Å². The lowest BCUT2D eigenvalue weighted by molar-refractivity contribution is -0.127. The highest BCUT2D eigenvalue weighted by Gasteiger charge is 2.20. The average Bonchev–Trinajstić information content (AvgIpc) is 3.05. The summed E-state index contributed by atoms with van der Waals surface area (Å²) in [5, 5.41) is 3.91. The Balaban J connectivity index is 1.52. The van der Waals surface area contributed by atoms with Gasteiger partial charge in [0, 0.05) is 43.9 Å². The first kappa shape index (κ1) is 17.2. The molecule has 1 aromatic carbocycles. The van der Waals surface area contributed by atoms with Crippen LogP contribution in [0.3, 0.4) is 0 Å². The van der Waals surface area contributed by atoms with Crippen molar-refractivity contribution in [2.45, 2.75) is 13.5 Å². The molecule has 1 aliphatic heterocycles. The fourth-order valence-electron chi connectivity index (χ4n) is 2.91. The van der Waals surface area contributed by atoms with Gasteiger partial charge in [0.1, 0.15) is 5.75 Å². The first-order valence-corrected chi connectivity index (χ1v) is 8.40. The number of para-hydroxylation sites is 1. The van der Waals surface area contributed by atoms with Crippen LogP contribution in [-0.4, -0.2) is 54.2 Å². The molecular formula is C19H23N3O3. The molecule has 0 spiro atoms. The van der Waals surface area contributed by atoms with Gasteiger partial charge in [-0.25, -0.2) is 0 Å². The second kappa shape index (κ2) is 7.98. The predicted molar refractivity (Wildman–Crippen MR) is 95.1 cm³/mol. The van der Waals surface area contributed by atoms with Crippen molar-refractivity contribution in [2.75, 3.05) is 33.3 Å². The molecule has 2 heterocycles. The topological polar surface area (TPSA) is 58.8 Å². The van der Waals surface area contributed by atoms with E-state index >= 15 is 0 Å². The summed E-state index contributed by atoms with van der Waals surface area (Å²) >= 11 is 0. The lowest BCUT2D eigenvalue weighted by Crippen LogP contribution is -2.47. The van der Waals surface area contributed by atoms with E-state index in [1.165, 1.54) is 0 Å². The molecule has 132 valence electrons. The lowest BCUT2D eigenvalue weighted by Gasteiger charge is -2.33. The summed E-state index contributed by atoms with van der Waals surface area (Å²) in [6.07, 6.45) is 3.43. The third kappa shape index (κ3) is 4.48. The first-order valence-electron chi connectivity index (χ1n) is 8.40. The van der Waals surface area contributed by atoms with Crippen LogP contribution in [-0.2, 0) is 11.3 Å². The Labute approximate surface area is 147 Å². The summed E-state index contributed by atoms with van der Waals surface area (Å²) < 4.78 is 10.6. The SMILES string of the molecule is COc1ccccc1/C=C/C(=O)N1CCN(Cc2cc(C)no2)CC1. The van der Waals surface area contributed by atoms with Crippen LogP contribution < -0.4 is 4.74 Å². The molecule has 6 heteroatoms.